The van der Waals surface area contributed by atoms with Crippen molar-refractivity contribution in [3.05, 3.63) is 76.4 Å². The van der Waals surface area contributed by atoms with Crippen LogP contribution < -0.4 is 15.5 Å². The number of rotatable bonds is 5. The molecule has 1 aliphatic heterocycles. The summed E-state index contributed by atoms with van der Waals surface area (Å²) < 4.78 is 0. The molecule has 0 spiro atoms. The maximum Gasteiger partial charge on any atom is 0.257 e. The fraction of sp³-hybridized carbons (Fsp3) is 0.208. The van der Waals surface area contributed by atoms with E-state index in [0.29, 0.717) is 53.2 Å². The van der Waals surface area contributed by atoms with E-state index in [4.69, 9.17) is 23.2 Å². The third kappa shape index (κ3) is 5.74. The van der Waals surface area contributed by atoms with Gasteiger partial charge in [-0.3, -0.25) is 9.59 Å². The molecule has 1 fully saturated rings. The topological polar surface area (TPSA) is 77.6 Å². The molecule has 0 radical (unpaired) electrons. The summed E-state index contributed by atoms with van der Waals surface area (Å²) in [7, 11) is 0. The normalized spacial score (nSPS) is 13.5. The molecule has 0 unspecified atom stereocenters. The number of halogens is 2. The van der Waals surface area contributed by atoms with Crippen molar-refractivity contribution in [3.8, 4) is 0 Å². The third-order valence-corrected chi connectivity index (χ3v) is 5.99. The van der Waals surface area contributed by atoms with Gasteiger partial charge in [0, 0.05) is 55.7 Å². The van der Waals surface area contributed by atoms with Crippen molar-refractivity contribution in [2.24, 2.45) is 0 Å². The van der Waals surface area contributed by atoms with Gasteiger partial charge in [-0.05, 0) is 54.6 Å². The predicted octanol–water partition coefficient (Wildman–Crippen LogP) is 5.05. The highest BCUT2D eigenvalue weighted by atomic mass is 35.5. The first-order valence-electron chi connectivity index (χ1n) is 10.5. The van der Waals surface area contributed by atoms with E-state index < -0.39 is 0 Å². The number of piperazine rings is 1. The highest BCUT2D eigenvalue weighted by Crippen LogP contribution is 2.29. The van der Waals surface area contributed by atoms with Crippen LogP contribution in [0.15, 0.2) is 60.8 Å². The predicted molar refractivity (Wildman–Crippen MR) is 133 cm³/mol. The first-order chi connectivity index (χ1) is 15.9. The second kappa shape index (κ2) is 10.1. The summed E-state index contributed by atoms with van der Waals surface area (Å²) in [6.45, 7) is 4.35. The Morgan fingerprint density at radius 3 is 2.24 bits per heavy atom. The lowest BCUT2D eigenvalue weighted by Crippen LogP contribution is -2.48. The minimum atomic E-state index is -0.268. The molecular formula is C24H23Cl2N5O2. The Kier molecular flexibility index (Phi) is 7.01. The Morgan fingerprint density at radius 1 is 0.909 bits per heavy atom. The SMILES string of the molecule is CC(=O)N1CCN(c2ccc(C(=O)Nc3ccc(Cl)c(Nc4ccc(Cl)cc4)c3)cn2)CC1. The molecule has 2 heterocycles. The molecule has 2 aromatic carbocycles. The number of hydrogen-bond donors (Lipinski definition) is 2. The van der Waals surface area contributed by atoms with Crippen molar-refractivity contribution in [1.29, 1.82) is 0 Å². The number of nitrogens with one attached hydrogen (secondary N) is 2. The molecule has 3 aromatic rings. The van der Waals surface area contributed by atoms with Crippen LogP contribution in [0.5, 0.6) is 0 Å². The molecule has 7 nitrogen and oxygen atoms in total. The monoisotopic (exact) mass is 483 g/mol. The minimum Gasteiger partial charge on any atom is -0.354 e. The zero-order chi connectivity index (χ0) is 23.4. The van der Waals surface area contributed by atoms with E-state index >= 15 is 0 Å². The molecule has 1 aliphatic rings. The van der Waals surface area contributed by atoms with Gasteiger partial charge >= 0.3 is 0 Å². The van der Waals surface area contributed by atoms with Gasteiger partial charge in [-0.25, -0.2) is 4.98 Å². The van der Waals surface area contributed by atoms with Gasteiger partial charge in [-0.15, -0.1) is 0 Å². The molecule has 170 valence electrons. The van der Waals surface area contributed by atoms with E-state index in [1.165, 1.54) is 0 Å². The van der Waals surface area contributed by atoms with Gasteiger partial charge in [0.2, 0.25) is 5.91 Å². The van der Waals surface area contributed by atoms with E-state index in [1.807, 2.05) is 23.1 Å². The summed E-state index contributed by atoms with van der Waals surface area (Å²) in [6.07, 6.45) is 1.56. The molecule has 0 aliphatic carbocycles. The highest BCUT2D eigenvalue weighted by molar-refractivity contribution is 6.33. The average Bonchev–Trinajstić information content (AvgIpc) is 2.83. The largest absolute Gasteiger partial charge is 0.354 e. The molecule has 1 aromatic heterocycles. The van der Waals surface area contributed by atoms with Crippen molar-refractivity contribution < 1.29 is 9.59 Å². The Bertz CT molecular complexity index is 1140. The van der Waals surface area contributed by atoms with E-state index in [0.717, 1.165) is 11.5 Å². The molecule has 2 N–H and O–H groups in total. The Hall–Kier alpha value is -3.29. The maximum absolute atomic E-state index is 12.7. The first kappa shape index (κ1) is 22.9. The molecule has 2 amide bonds. The van der Waals surface area contributed by atoms with Gasteiger partial charge in [0.25, 0.3) is 5.91 Å². The zero-order valence-corrected chi connectivity index (χ0v) is 19.5. The van der Waals surface area contributed by atoms with Crippen molar-refractivity contribution in [3.63, 3.8) is 0 Å². The van der Waals surface area contributed by atoms with Crippen LogP contribution >= 0.6 is 23.2 Å². The Labute approximate surface area is 202 Å². The summed E-state index contributed by atoms with van der Waals surface area (Å²) >= 11 is 12.2. The van der Waals surface area contributed by atoms with Gasteiger partial charge in [-0.1, -0.05) is 23.2 Å². The second-order valence-electron chi connectivity index (χ2n) is 7.68. The van der Waals surface area contributed by atoms with Crippen LogP contribution in [0.1, 0.15) is 17.3 Å². The fourth-order valence-corrected chi connectivity index (χ4v) is 3.84. The summed E-state index contributed by atoms with van der Waals surface area (Å²) in [5, 5.41) is 7.27. The number of pyridine rings is 1. The number of benzene rings is 2. The first-order valence-corrected chi connectivity index (χ1v) is 11.2. The number of carbonyl (C=O) groups is 2. The van der Waals surface area contributed by atoms with Crippen LogP contribution in [0.25, 0.3) is 0 Å². The standard InChI is InChI=1S/C24H23Cl2N5O2/c1-16(32)30-10-12-31(13-11-30)23-9-2-17(15-27-23)24(33)29-20-7-8-21(26)22(14-20)28-19-5-3-18(25)4-6-19/h2-9,14-15,28H,10-13H2,1H3,(H,29,33). The Balaban J connectivity index is 1.40. The van der Waals surface area contributed by atoms with Gasteiger partial charge in [0.15, 0.2) is 0 Å². The van der Waals surface area contributed by atoms with E-state index in [9.17, 15) is 9.59 Å². The summed E-state index contributed by atoms with van der Waals surface area (Å²) in [5.74, 6) is 0.606. The van der Waals surface area contributed by atoms with Crippen LogP contribution in [0.2, 0.25) is 10.0 Å². The van der Waals surface area contributed by atoms with Crippen LogP contribution in [0.4, 0.5) is 22.9 Å². The molecule has 0 saturated carbocycles. The number of hydrogen-bond acceptors (Lipinski definition) is 5. The molecular weight excluding hydrogens is 461 g/mol. The fourth-order valence-electron chi connectivity index (χ4n) is 3.55. The van der Waals surface area contributed by atoms with Gasteiger partial charge in [0.05, 0.1) is 16.3 Å². The lowest BCUT2D eigenvalue weighted by molar-refractivity contribution is -0.129. The summed E-state index contributed by atoms with van der Waals surface area (Å²) in [4.78, 5) is 32.6. The van der Waals surface area contributed by atoms with E-state index in [2.05, 4.69) is 20.5 Å². The van der Waals surface area contributed by atoms with Crippen molar-refractivity contribution in [2.45, 2.75) is 6.92 Å². The quantitative estimate of drug-likeness (QED) is 0.530. The van der Waals surface area contributed by atoms with Gasteiger partial charge in [-0.2, -0.15) is 0 Å². The second-order valence-corrected chi connectivity index (χ2v) is 8.52. The lowest BCUT2D eigenvalue weighted by Gasteiger charge is -2.34. The van der Waals surface area contributed by atoms with Crippen molar-refractivity contribution in [1.82, 2.24) is 9.88 Å². The highest BCUT2D eigenvalue weighted by Gasteiger charge is 2.19. The smallest absolute Gasteiger partial charge is 0.257 e. The van der Waals surface area contributed by atoms with Crippen LogP contribution in [0.3, 0.4) is 0 Å². The van der Waals surface area contributed by atoms with Crippen LogP contribution in [-0.4, -0.2) is 47.9 Å². The lowest BCUT2D eigenvalue weighted by atomic mass is 10.2. The number of anilines is 4. The maximum atomic E-state index is 12.7. The van der Waals surface area contributed by atoms with Gasteiger partial charge < -0.3 is 20.4 Å². The van der Waals surface area contributed by atoms with Crippen molar-refractivity contribution >= 4 is 57.9 Å². The van der Waals surface area contributed by atoms with E-state index in [1.54, 1.807) is 49.5 Å². The van der Waals surface area contributed by atoms with Crippen LogP contribution in [0, 0.1) is 0 Å². The Morgan fingerprint density at radius 2 is 1.61 bits per heavy atom. The molecule has 0 atom stereocenters. The van der Waals surface area contributed by atoms with E-state index in [-0.39, 0.29) is 11.8 Å². The zero-order valence-electron chi connectivity index (χ0n) is 18.0. The minimum absolute atomic E-state index is 0.0864. The number of carbonyl (C=O) groups excluding carboxylic acids is 2. The molecule has 9 heteroatoms. The van der Waals surface area contributed by atoms with Gasteiger partial charge in [0.1, 0.15) is 5.82 Å². The average molecular weight is 484 g/mol. The summed E-state index contributed by atoms with van der Waals surface area (Å²) in [6, 6.07) is 16.1. The van der Waals surface area contributed by atoms with Crippen molar-refractivity contribution in [2.75, 3.05) is 41.7 Å². The molecule has 0 bridgehead atoms. The third-order valence-electron chi connectivity index (χ3n) is 5.41. The molecule has 33 heavy (non-hydrogen) atoms. The number of aromatic nitrogens is 1. The number of nitrogens with zero attached hydrogens (tertiary/aromatic N) is 3. The molecule has 1 saturated heterocycles. The molecule has 4 rings (SSSR count). The number of amides is 2. The van der Waals surface area contributed by atoms with Crippen LogP contribution in [-0.2, 0) is 4.79 Å². The summed E-state index contributed by atoms with van der Waals surface area (Å²) in [5.41, 5.74) is 2.54.